The van der Waals surface area contributed by atoms with Crippen LogP contribution in [0.1, 0.15) is 13.0 Å². The minimum Gasteiger partial charge on any atom is -0.486 e. The van der Waals surface area contributed by atoms with Gasteiger partial charge in [0.1, 0.15) is 6.61 Å². The Hall–Kier alpha value is -2.89. The number of aromatic nitrogens is 3. The molecular weight excluding hydrogens is 294 g/mol. The summed E-state index contributed by atoms with van der Waals surface area (Å²) < 4.78 is 13.3. The molecule has 0 aliphatic carbocycles. The molecule has 23 heavy (non-hydrogen) atoms. The lowest BCUT2D eigenvalue weighted by Crippen LogP contribution is -2.40. The number of hydrogen-bond acceptors (Lipinski definition) is 5. The third-order valence-electron chi connectivity index (χ3n) is 4.05. The number of nitrogens with zero attached hydrogens (tertiary/aromatic N) is 3. The van der Waals surface area contributed by atoms with Crippen molar-refractivity contribution in [3.8, 4) is 11.5 Å². The molecule has 0 amide bonds. The number of fused-ring (bicyclic) bond motifs is 2. The molecule has 0 fully saturated rings. The van der Waals surface area contributed by atoms with Crippen LogP contribution in [0.15, 0.2) is 53.7 Å². The number of benzene rings is 1. The van der Waals surface area contributed by atoms with E-state index in [1.54, 1.807) is 29.2 Å². The molecule has 6 heteroatoms. The summed E-state index contributed by atoms with van der Waals surface area (Å²) in [7, 11) is 0. The van der Waals surface area contributed by atoms with Gasteiger partial charge < -0.3 is 9.47 Å². The van der Waals surface area contributed by atoms with Crippen LogP contribution in [0.5, 0.6) is 11.5 Å². The van der Waals surface area contributed by atoms with E-state index in [1.807, 2.05) is 31.2 Å². The van der Waals surface area contributed by atoms with Gasteiger partial charge in [0.2, 0.25) is 0 Å². The Labute approximate surface area is 132 Å². The highest BCUT2D eigenvalue weighted by molar-refractivity contribution is 5.71. The zero-order valence-electron chi connectivity index (χ0n) is 12.5. The Kier molecular flexibility index (Phi) is 3.22. The van der Waals surface area contributed by atoms with Gasteiger partial charge in [0.05, 0.1) is 17.9 Å². The van der Waals surface area contributed by atoms with Crippen molar-refractivity contribution in [3.63, 3.8) is 0 Å². The van der Waals surface area contributed by atoms with Crippen LogP contribution in [-0.4, -0.2) is 27.2 Å². The van der Waals surface area contributed by atoms with Crippen LogP contribution in [0.3, 0.4) is 0 Å². The van der Waals surface area contributed by atoms with Crippen LogP contribution in [0.25, 0.3) is 11.0 Å². The fourth-order valence-corrected chi connectivity index (χ4v) is 2.71. The van der Waals surface area contributed by atoms with E-state index in [-0.39, 0.29) is 17.7 Å². The van der Waals surface area contributed by atoms with Crippen LogP contribution in [0.4, 0.5) is 0 Å². The van der Waals surface area contributed by atoms with Crippen molar-refractivity contribution < 1.29 is 9.47 Å². The summed E-state index contributed by atoms with van der Waals surface area (Å²) in [5.41, 5.74) is 0.775. The fraction of sp³-hybridized carbons (Fsp3) is 0.235. The van der Waals surface area contributed by atoms with Crippen molar-refractivity contribution in [2.24, 2.45) is 0 Å². The van der Waals surface area contributed by atoms with E-state index in [1.165, 1.54) is 0 Å². The van der Waals surface area contributed by atoms with E-state index in [2.05, 4.69) is 9.97 Å². The second-order valence-electron chi connectivity index (χ2n) is 5.48. The first-order chi connectivity index (χ1) is 11.2. The van der Waals surface area contributed by atoms with Crippen LogP contribution < -0.4 is 15.0 Å². The maximum Gasteiger partial charge on any atom is 0.280 e. The number of hydrogen-bond donors (Lipinski definition) is 0. The number of pyridine rings is 1. The Morgan fingerprint density at radius 3 is 2.87 bits per heavy atom. The summed E-state index contributed by atoms with van der Waals surface area (Å²) in [4.78, 5) is 21.1. The standard InChI is InChI=1S/C17H15N3O3/c1-11(15-9-22-13-6-2-3-7-14(13)23-15)20-10-19-12-5-4-8-18-16(12)17(20)21/h2-8,10-11,15H,9H2,1H3/t11-,15+/m1/s1. The summed E-state index contributed by atoms with van der Waals surface area (Å²) >= 11 is 0. The minimum atomic E-state index is -0.273. The quantitative estimate of drug-likeness (QED) is 0.726. The molecule has 1 aliphatic rings. The Morgan fingerprint density at radius 1 is 1.17 bits per heavy atom. The van der Waals surface area contributed by atoms with Gasteiger partial charge >= 0.3 is 0 Å². The number of para-hydroxylation sites is 2. The topological polar surface area (TPSA) is 66.2 Å². The minimum absolute atomic E-state index is 0.175. The number of ether oxygens (including phenoxy) is 2. The molecule has 0 bridgehead atoms. The SMILES string of the molecule is C[C@H]([C@@H]1COc2ccccc2O1)n1cnc2cccnc2c1=O. The highest BCUT2D eigenvalue weighted by Gasteiger charge is 2.28. The molecule has 3 aromatic rings. The van der Waals surface area contributed by atoms with E-state index in [0.717, 1.165) is 5.75 Å². The molecule has 0 spiro atoms. The zero-order chi connectivity index (χ0) is 15.8. The van der Waals surface area contributed by atoms with Gasteiger partial charge in [-0.2, -0.15) is 0 Å². The average Bonchev–Trinajstić information content (AvgIpc) is 2.61. The van der Waals surface area contributed by atoms with Crippen molar-refractivity contribution in [2.45, 2.75) is 19.1 Å². The first kappa shape index (κ1) is 13.8. The lowest BCUT2D eigenvalue weighted by atomic mass is 10.1. The first-order valence-electron chi connectivity index (χ1n) is 7.44. The van der Waals surface area contributed by atoms with Gasteiger partial charge in [-0.15, -0.1) is 0 Å². The van der Waals surface area contributed by atoms with Crippen molar-refractivity contribution >= 4 is 11.0 Å². The molecular formula is C17H15N3O3. The second kappa shape index (κ2) is 5.39. The van der Waals surface area contributed by atoms with Crippen LogP contribution in [-0.2, 0) is 0 Å². The molecule has 4 rings (SSSR count). The maximum absolute atomic E-state index is 12.6. The van der Waals surface area contributed by atoms with Crippen LogP contribution >= 0.6 is 0 Å². The number of rotatable bonds is 2. The molecule has 0 saturated carbocycles. The lowest BCUT2D eigenvalue weighted by Gasteiger charge is -2.31. The van der Waals surface area contributed by atoms with E-state index >= 15 is 0 Å². The van der Waals surface area contributed by atoms with Gasteiger partial charge in [-0.05, 0) is 31.2 Å². The largest absolute Gasteiger partial charge is 0.486 e. The van der Waals surface area contributed by atoms with Crippen LogP contribution in [0.2, 0.25) is 0 Å². The maximum atomic E-state index is 12.6. The van der Waals surface area contributed by atoms with Crippen molar-refractivity contribution in [3.05, 3.63) is 59.3 Å². The van der Waals surface area contributed by atoms with E-state index in [0.29, 0.717) is 23.4 Å². The van der Waals surface area contributed by atoms with Crippen molar-refractivity contribution in [2.75, 3.05) is 6.61 Å². The van der Waals surface area contributed by atoms with E-state index in [9.17, 15) is 4.79 Å². The van der Waals surface area contributed by atoms with Crippen molar-refractivity contribution in [1.29, 1.82) is 0 Å². The normalized spacial score (nSPS) is 17.9. The van der Waals surface area contributed by atoms with Gasteiger partial charge in [0.25, 0.3) is 5.56 Å². The molecule has 2 aromatic heterocycles. The summed E-state index contributed by atoms with van der Waals surface area (Å²) in [6.45, 7) is 2.30. The Balaban J connectivity index is 1.69. The predicted molar refractivity (Wildman–Crippen MR) is 84.9 cm³/mol. The fourth-order valence-electron chi connectivity index (χ4n) is 2.71. The zero-order valence-corrected chi connectivity index (χ0v) is 12.5. The molecule has 0 radical (unpaired) electrons. The molecule has 0 unspecified atom stereocenters. The highest BCUT2D eigenvalue weighted by Crippen LogP contribution is 2.33. The third-order valence-corrected chi connectivity index (χ3v) is 4.05. The molecule has 0 saturated heterocycles. The van der Waals surface area contributed by atoms with Gasteiger partial charge in [-0.1, -0.05) is 12.1 Å². The van der Waals surface area contributed by atoms with Gasteiger partial charge in [0, 0.05) is 6.20 Å². The molecule has 1 aromatic carbocycles. The summed E-state index contributed by atoms with van der Waals surface area (Å²) in [6.07, 6.45) is 2.86. The second-order valence-corrected chi connectivity index (χ2v) is 5.48. The van der Waals surface area contributed by atoms with Gasteiger partial charge in [-0.3, -0.25) is 9.36 Å². The smallest absolute Gasteiger partial charge is 0.280 e. The molecule has 3 heterocycles. The lowest BCUT2D eigenvalue weighted by molar-refractivity contribution is 0.0559. The van der Waals surface area contributed by atoms with E-state index in [4.69, 9.17) is 9.47 Å². The Bertz CT molecular complexity index is 922. The summed E-state index contributed by atoms with van der Waals surface area (Å²) in [5.74, 6) is 1.41. The third kappa shape index (κ3) is 2.32. The predicted octanol–water partition coefficient (Wildman–Crippen LogP) is 2.19. The monoisotopic (exact) mass is 309 g/mol. The molecule has 6 nitrogen and oxygen atoms in total. The highest BCUT2D eigenvalue weighted by atomic mass is 16.6. The molecule has 0 N–H and O–H groups in total. The molecule has 116 valence electrons. The van der Waals surface area contributed by atoms with Gasteiger partial charge in [-0.25, -0.2) is 9.97 Å². The van der Waals surface area contributed by atoms with E-state index < -0.39 is 0 Å². The summed E-state index contributed by atoms with van der Waals surface area (Å²) in [5, 5.41) is 0. The Morgan fingerprint density at radius 2 is 2.00 bits per heavy atom. The van der Waals surface area contributed by atoms with Crippen molar-refractivity contribution in [1.82, 2.24) is 14.5 Å². The molecule has 2 atom stereocenters. The summed E-state index contributed by atoms with van der Waals surface area (Å²) in [6, 6.07) is 10.8. The average molecular weight is 309 g/mol. The van der Waals surface area contributed by atoms with Crippen LogP contribution in [0, 0.1) is 0 Å². The van der Waals surface area contributed by atoms with Gasteiger partial charge in [0.15, 0.2) is 23.1 Å². The first-order valence-corrected chi connectivity index (χ1v) is 7.44. The molecule has 1 aliphatic heterocycles.